The van der Waals surface area contributed by atoms with E-state index >= 15 is 0 Å². The Balaban J connectivity index is 1.54. The van der Waals surface area contributed by atoms with E-state index in [-0.39, 0.29) is 11.1 Å². The first-order valence-corrected chi connectivity index (χ1v) is 10.8. The van der Waals surface area contributed by atoms with Crippen LogP contribution in [0.25, 0.3) is 22.3 Å². The fourth-order valence-corrected chi connectivity index (χ4v) is 4.22. The molecule has 2 N–H and O–H groups in total. The summed E-state index contributed by atoms with van der Waals surface area (Å²) in [6.45, 7) is 0. The van der Waals surface area contributed by atoms with Crippen LogP contribution in [0, 0.1) is 0 Å². The number of alkyl halides is 6. The average molecular weight is 517 g/mol. The summed E-state index contributed by atoms with van der Waals surface area (Å²) >= 11 is 0. The molecule has 0 fully saturated rings. The Morgan fingerprint density at radius 1 is 0.568 bits per heavy atom. The Kier molecular flexibility index (Phi) is 5.50. The average Bonchev–Trinajstić information content (AvgIpc) is 2.83. The molecular formula is C27H17F6NO3. The summed E-state index contributed by atoms with van der Waals surface area (Å²) in [6.07, 6.45) is -9.46. The van der Waals surface area contributed by atoms with Crippen molar-refractivity contribution in [3.63, 3.8) is 0 Å². The number of fused-ring (bicyclic) bond motifs is 2. The zero-order valence-electron chi connectivity index (χ0n) is 18.9. The molecule has 4 nitrogen and oxygen atoms in total. The van der Waals surface area contributed by atoms with Crippen LogP contribution in [-0.2, 0) is 12.4 Å². The fraction of sp³-hybridized carbons (Fsp3) is 0.111. The number of ether oxygens (including phenoxy) is 1. The minimum Gasteiger partial charge on any atom is -0.507 e. The third-order valence-corrected chi connectivity index (χ3v) is 6.13. The molecule has 37 heavy (non-hydrogen) atoms. The van der Waals surface area contributed by atoms with Crippen LogP contribution in [0.3, 0.4) is 0 Å². The Hall–Kier alpha value is -4.34. The number of halogens is 6. The largest absolute Gasteiger partial charge is 0.507 e. The summed E-state index contributed by atoms with van der Waals surface area (Å²) in [5, 5.41) is 19.3. The predicted molar refractivity (Wildman–Crippen MR) is 125 cm³/mol. The minimum absolute atomic E-state index is 0.227. The molecule has 0 aliphatic carbocycles. The SMILES string of the molecule is CN1c2cc(-c3ccc(O)c(C(F)(F)F)c3)ccc2Oc2ccc(-c3ccc(O)c(C(F)(F)F)c3)cc21. The fourth-order valence-electron chi connectivity index (χ4n) is 4.22. The van der Waals surface area contributed by atoms with Crippen molar-refractivity contribution in [2.75, 3.05) is 11.9 Å². The van der Waals surface area contributed by atoms with Gasteiger partial charge in [-0.05, 0) is 70.8 Å². The van der Waals surface area contributed by atoms with Crippen LogP contribution in [0.5, 0.6) is 23.0 Å². The van der Waals surface area contributed by atoms with Gasteiger partial charge >= 0.3 is 12.4 Å². The Morgan fingerprint density at radius 3 is 1.30 bits per heavy atom. The van der Waals surface area contributed by atoms with Gasteiger partial charge in [-0.3, -0.25) is 0 Å². The van der Waals surface area contributed by atoms with Crippen LogP contribution < -0.4 is 9.64 Å². The quantitative estimate of drug-likeness (QED) is 0.263. The zero-order chi connectivity index (χ0) is 26.7. The summed E-state index contributed by atoms with van der Waals surface area (Å²) in [7, 11) is 1.70. The Morgan fingerprint density at radius 2 is 0.919 bits per heavy atom. The van der Waals surface area contributed by atoms with Gasteiger partial charge in [0.15, 0.2) is 11.5 Å². The van der Waals surface area contributed by atoms with E-state index in [2.05, 4.69) is 0 Å². The lowest BCUT2D eigenvalue weighted by molar-refractivity contribution is -0.139. The molecule has 1 aliphatic rings. The molecule has 0 amide bonds. The Bertz CT molecular complexity index is 1420. The molecule has 0 saturated heterocycles. The standard InChI is InChI=1S/C27H17F6NO3/c1-34-20-12-16(14-2-6-22(35)18(10-14)26(28,29)30)4-8-24(20)37-25-9-5-17(13-21(25)34)15-3-7-23(36)19(11-15)27(31,32)33/h2-13,35-36H,1H3. The molecule has 5 rings (SSSR count). The van der Waals surface area contributed by atoms with E-state index in [1.54, 1.807) is 48.3 Å². The molecule has 190 valence electrons. The molecule has 4 aromatic rings. The Labute approximate surface area is 206 Å². The normalized spacial score (nSPS) is 13.1. The maximum atomic E-state index is 13.3. The van der Waals surface area contributed by atoms with Gasteiger partial charge in [-0.15, -0.1) is 0 Å². The number of benzene rings is 4. The smallest absolute Gasteiger partial charge is 0.419 e. The van der Waals surface area contributed by atoms with Crippen LogP contribution in [0.15, 0.2) is 72.8 Å². The lowest BCUT2D eigenvalue weighted by atomic mass is 9.99. The maximum Gasteiger partial charge on any atom is 0.419 e. The van der Waals surface area contributed by atoms with Crippen molar-refractivity contribution in [2.24, 2.45) is 0 Å². The van der Waals surface area contributed by atoms with Crippen LogP contribution in [0.1, 0.15) is 11.1 Å². The van der Waals surface area contributed by atoms with Crippen LogP contribution in [0.4, 0.5) is 37.7 Å². The summed E-state index contributed by atoms with van der Waals surface area (Å²) < 4.78 is 85.6. The molecule has 0 saturated carbocycles. The van der Waals surface area contributed by atoms with Crippen LogP contribution in [0.2, 0.25) is 0 Å². The van der Waals surface area contributed by atoms with Gasteiger partial charge in [-0.1, -0.05) is 24.3 Å². The molecule has 0 unspecified atom stereocenters. The summed E-state index contributed by atoms with van der Waals surface area (Å²) in [6, 6.07) is 16.0. The highest BCUT2D eigenvalue weighted by Gasteiger charge is 2.35. The molecule has 4 aromatic carbocycles. The topological polar surface area (TPSA) is 52.9 Å². The van der Waals surface area contributed by atoms with Gasteiger partial charge in [0.2, 0.25) is 0 Å². The van der Waals surface area contributed by atoms with E-state index in [0.717, 1.165) is 24.3 Å². The number of nitrogens with zero attached hydrogens (tertiary/aromatic N) is 1. The molecular weight excluding hydrogens is 500 g/mol. The van der Waals surface area contributed by atoms with E-state index in [1.807, 2.05) is 0 Å². The van der Waals surface area contributed by atoms with Gasteiger partial charge < -0.3 is 19.8 Å². The number of phenols is 2. The number of hydrogen-bond donors (Lipinski definition) is 2. The molecule has 10 heteroatoms. The first-order chi connectivity index (χ1) is 17.3. The molecule has 0 radical (unpaired) electrons. The molecule has 0 atom stereocenters. The summed E-state index contributed by atoms with van der Waals surface area (Å²) in [4.78, 5) is 1.72. The molecule has 0 spiro atoms. The lowest BCUT2D eigenvalue weighted by Crippen LogP contribution is -2.15. The number of rotatable bonds is 2. The van der Waals surface area contributed by atoms with Gasteiger partial charge in [0.1, 0.15) is 11.5 Å². The number of hydrogen-bond acceptors (Lipinski definition) is 4. The van der Waals surface area contributed by atoms with E-state index in [4.69, 9.17) is 4.74 Å². The zero-order valence-corrected chi connectivity index (χ0v) is 18.9. The van der Waals surface area contributed by atoms with E-state index in [1.165, 1.54) is 12.1 Å². The van der Waals surface area contributed by atoms with Crippen molar-refractivity contribution >= 4 is 11.4 Å². The van der Waals surface area contributed by atoms with Gasteiger partial charge in [-0.25, -0.2) is 0 Å². The van der Waals surface area contributed by atoms with Gasteiger partial charge in [0, 0.05) is 7.05 Å². The minimum atomic E-state index is -4.73. The highest BCUT2D eigenvalue weighted by atomic mass is 19.4. The highest BCUT2D eigenvalue weighted by molar-refractivity contribution is 5.84. The van der Waals surface area contributed by atoms with Gasteiger partial charge in [-0.2, -0.15) is 26.3 Å². The van der Waals surface area contributed by atoms with E-state index in [9.17, 15) is 36.6 Å². The third kappa shape index (κ3) is 4.39. The predicted octanol–water partition coefficient (Wildman–Crippen LogP) is 8.34. The van der Waals surface area contributed by atoms with Crippen molar-refractivity contribution < 1.29 is 41.3 Å². The second-order valence-corrected chi connectivity index (χ2v) is 8.49. The molecule has 1 aliphatic heterocycles. The van der Waals surface area contributed by atoms with E-state index < -0.39 is 35.0 Å². The summed E-state index contributed by atoms with van der Waals surface area (Å²) in [5.74, 6) is -0.881. The lowest BCUT2D eigenvalue weighted by Gasteiger charge is -2.30. The monoisotopic (exact) mass is 517 g/mol. The summed E-state index contributed by atoms with van der Waals surface area (Å²) in [5.41, 5.74) is 0.0504. The van der Waals surface area contributed by atoms with Crippen molar-refractivity contribution in [1.82, 2.24) is 0 Å². The molecule has 0 aromatic heterocycles. The maximum absolute atomic E-state index is 13.3. The first-order valence-electron chi connectivity index (χ1n) is 10.8. The molecule has 0 bridgehead atoms. The molecule has 1 heterocycles. The van der Waals surface area contributed by atoms with Gasteiger partial charge in [0.05, 0.1) is 22.5 Å². The highest BCUT2D eigenvalue weighted by Crippen LogP contribution is 2.49. The second-order valence-electron chi connectivity index (χ2n) is 8.49. The second kappa shape index (κ2) is 8.36. The van der Waals surface area contributed by atoms with Gasteiger partial charge in [0.25, 0.3) is 0 Å². The number of aromatic hydroxyl groups is 2. The number of phenolic OH excluding ortho intramolecular Hbond substituents is 2. The van der Waals surface area contributed by atoms with E-state index in [0.29, 0.717) is 34.0 Å². The third-order valence-electron chi connectivity index (χ3n) is 6.13. The van der Waals surface area contributed by atoms with Crippen molar-refractivity contribution in [1.29, 1.82) is 0 Å². The first kappa shape index (κ1) is 24.4. The van der Waals surface area contributed by atoms with Crippen LogP contribution in [-0.4, -0.2) is 17.3 Å². The van der Waals surface area contributed by atoms with Crippen LogP contribution >= 0.6 is 0 Å². The van der Waals surface area contributed by atoms with Crippen molar-refractivity contribution in [3.05, 3.63) is 83.9 Å². The van der Waals surface area contributed by atoms with Crippen molar-refractivity contribution in [2.45, 2.75) is 12.4 Å². The van der Waals surface area contributed by atoms with Crippen molar-refractivity contribution in [3.8, 4) is 45.3 Å². The number of anilines is 2.